The summed E-state index contributed by atoms with van der Waals surface area (Å²) >= 11 is 0. The fourth-order valence-corrected chi connectivity index (χ4v) is 0.910. The van der Waals surface area contributed by atoms with E-state index in [1.165, 1.54) is 7.11 Å². The lowest BCUT2D eigenvalue weighted by molar-refractivity contribution is -0.387. The summed E-state index contributed by atoms with van der Waals surface area (Å²) < 4.78 is 9.14. The molecule has 0 aliphatic carbocycles. The maximum Gasteiger partial charge on any atom is 0.377 e. The predicted molar refractivity (Wildman–Crippen MR) is 43.7 cm³/mol. The molecule has 78 valence electrons. The topological polar surface area (TPSA) is 125 Å². The second-order valence-corrected chi connectivity index (χ2v) is 2.41. The van der Waals surface area contributed by atoms with Gasteiger partial charge in [-0.15, -0.1) is 0 Å². The van der Waals surface area contributed by atoms with Crippen LogP contribution >= 0.6 is 0 Å². The van der Waals surface area contributed by atoms with Gasteiger partial charge in [-0.1, -0.05) is 0 Å². The van der Waals surface area contributed by atoms with Gasteiger partial charge in [0, 0.05) is 6.54 Å². The van der Waals surface area contributed by atoms with Crippen LogP contribution in [0.5, 0.6) is 5.88 Å². The lowest BCUT2D eigenvalue weighted by Crippen LogP contribution is -2.12. The van der Waals surface area contributed by atoms with Gasteiger partial charge in [-0.25, -0.2) is 0 Å². The second kappa shape index (κ2) is 4.03. The first-order valence-electron chi connectivity index (χ1n) is 3.67. The SMILES string of the molecule is COc1noc(C(O)CN)c1[N+](=O)[O-]. The fourth-order valence-electron chi connectivity index (χ4n) is 0.910. The molecule has 0 aliphatic rings. The highest BCUT2D eigenvalue weighted by Gasteiger charge is 2.32. The van der Waals surface area contributed by atoms with Crippen LogP contribution in [0.25, 0.3) is 0 Å². The molecule has 0 fully saturated rings. The maximum absolute atomic E-state index is 10.6. The molecule has 1 heterocycles. The first-order chi connectivity index (χ1) is 6.61. The molecular formula is C6H9N3O5. The molecule has 1 aromatic rings. The van der Waals surface area contributed by atoms with Gasteiger partial charge in [0.05, 0.1) is 12.0 Å². The maximum atomic E-state index is 10.6. The number of ether oxygens (including phenoxy) is 1. The minimum atomic E-state index is -1.26. The zero-order valence-electron chi connectivity index (χ0n) is 7.34. The first-order valence-corrected chi connectivity index (χ1v) is 3.67. The van der Waals surface area contributed by atoms with Crippen molar-refractivity contribution in [2.45, 2.75) is 6.10 Å². The number of hydrogen-bond acceptors (Lipinski definition) is 7. The number of hydrogen-bond donors (Lipinski definition) is 2. The highest BCUT2D eigenvalue weighted by atomic mass is 16.6. The van der Waals surface area contributed by atoms with E-state index >= 15 is 0 Å². The first kappa shape index (κ1) is 10.4. The number of nitrogens with zero attached hydrogens (tertiary/aromatic N) is 2. The third kappa shape index (κ3) is 1.65. The highest BCUT2D eigenvalue weighted by Crippen LogP contribution is 2.33. The van der Waals surface area contributed by atoms with Crippen molar-refractivity contribution in [3.8, 4) is 5.88 Å². The van der Waals surface area contributed by atoms with E-state index in [2.05, 4.69) is 14.4 Å². The minimum Gasteiger partial charge on any atom is -0.474 e. The standard InChI is InChI=1S/C6H9N3O5/c1-13-6-4(9(11)12)5(14-8-6)3(10)2-7/h3,10H,2,7H2,1H3. The Morgan fingerprint density at radius 2 is 2.50 bits per heavy atom. The number of rotatable bonds is 4. The third-order valence-electron chi connectivity index (χ3n) is 1.56. The lowest BCUT2D eigenvalue weighted by atomic mass is 10.2. The molecule has 1 atom stereocenters. The van der Waals surface area contributed by atoms with Crippen molar-refractivity contribution in [3.63, 3.8) is 0 Å². The van der Waals surface area contributed by atoms with Crippen LogP contribution in [0.3, 0.4) is 0 Å². The van der Waals surface area contributed by atoms with Gasteiger partial charge >= 0.3 is 11.6 Å². The van der Waals surface area contributed by atoms with Crippen molar-refractivity contribution < 1.29 is 19.3 Å². The van der Waals surface area contributed by atoms with E-state index in [0.29, 0.717) is 0 Å². The van der Waals surface area contributed by atoms with Crippen LogP contribution in [0.2, 0.25) is 0 Å². The second-order valence-electron chi connectivity index (χ2n) is 2.41. The van der Waals surface area contributed by atoms with E-state index in [-0.39, 0.29) is 18.2 Å². The summed E-state index contributed by atoms with van der Waals surface area (Å²) in [5, 5.41) is 23.1. The van der Waals surface area contributed by atoms with Crippen molar-refractivity contribution in [1.29, 1.82) is 0 Å². The average molecular weight is 203 g/mol. The van der Waals surface area contributed by atoms with Crippen LogP contribution in [0.15, 0.2) is 4.52 Å². The Hall–Kier alpha value is -1.67. The summed E-state index contributed by atoms with van der Waals surface area (Å²) in [7, 11) is 1.21. The van der Waals surface area contributed by atoms with Gasteiger partial charge in [-0.05, 0) is 5.16 Å². The molecule has 1 aromatic heterocycles. The lowest BCUT2D eigenvalue weighted by Gasteiger charge is -2.00. The van der Waals surface area contributed by atoms with Gasteiger partial charge in [-0.2, -0.15) is 0 Å². The van der Waals surface area contributed by atoms with Crippen LogP contribution in [-0.2, 0) is 0 Å². The van der Waals surface area contributed by atoms with Crippen LogP contribution in [-0.4, -0.2) is 28.8 Å². The summed E-state index contributed by atoms with van der Waals surface area (Å²) in [6.45, 7) is -0.195. The van der Waals surface area contributed by atoms with E-state index in [4.69, 9.17) is 5.73 Å². The molecule has 0 spiro atoms. The van der Waals surface area contributed by atoms with Gasteiger partial charge in [0.25, 0.3) is 0 Å². The summed E-state index contributed by atoms with van der Waals surface area (Å²) in [4.78, 5) is 9.81. The summed E-state index contributed by atoms with van der Waals surface area (Å²) in [6, 6.07) is 0. The Bertz CT molecular complexity index is 336. The zero-order chi connectivity index (χ0) is 10.7. The molecule has 0 aliphatic heterocycles. The highest BCUT2D eigenvalue weighted by molar-refractivity contribution is 5.44. The number of nitro groups is 1. The summed E-state index contributed by atoms with van der Waals surface area (Å²) in [5.74, 6) is -0.577. The Kier molecular flexibility index (Phi) is 2.99. The molecule has 8 nitrogen and oxygen atoms in total. The molecule has 0 amide bonds. The Morgan fingerprint density at radius 1 is 1.86 bits per heavy atom. The molecule has 0 bridgehead atoms. The fraction of sp³-hybridized carbons (Fsp3) is 0.500. The summed E-state index contributed by atoms with van der Waals surface area (Å²) in [6.07, 6.45) is -1.26. The van der Waals surface area contributed by atoms with Crippen molar-refractivity contribution >= 4 is 5.69 Å². The normalized spacial score (nSPS) is 12.5. The molecule has 14 heavy (non-hydrogen) atoms. The van der Waals surface area contributed by atoms with Gasteiger partial charge in [0.15, 0.2) is 0 Å². The molecule has 1 unspecified atom stereocenters. The van der Waals surface area contributed by atoms with E-state index in [0.717, 1.165) is 0 Å². The van der Waals surface area contributed by atoms with Crippen molar-refractivity contribution in [2.75, 3.05) is 13.7 Å². The number of aliphatic hydroxyl groups excluding tert-OH is 1. The summed E-state index contributed by atoms with van der Waals surface area (Å²) in [5.41, 5.74) is 4.63. The third-order valence-corrected chi connectivity index (χ3v) is 1.56. The molecule has 1 rings (SSSR count). The molecule has 0 aromatic carbocycles. The largest absolute Gasteiger partial charge is 0.474 e. The quantitative estimate of drug-likeness (QED) is 0.503. The van der Waals surface area contributed by atoms with Crippen LogP contribution in [0.4, 0.5) is 5.69 Å². The van der Waals surface area contributed by atoms with Crippen molar-refractivity contribution in [3.05, 3.63) is 15.9 Å². The van der Waals surface area contributed by atoms with Gasteiger partial charge in [0.2, 0.25) is 5.76 Å². The van der Waals surface area contributed by atoms with Gasteiger partial charge in [-0.3, -0.25) is 10.1 Å². The molecule has 3 N–H and O–H groups in total. The Labute approximate surface area is 78.4 Å². The average Bonchev–Trinajstić information content (AvgIpc) is 2.59. The monoisotopic (exact) mass is 203 g/mol. The number of nitrogens with two attached hydrogens (primary N) is 1. The molecular weight excluding hydrogens is 194 g/mol. The smallest absolute Gasteiger partial charge is 0.377 e. The van der Waals surface area contributed by atoms with Gasteiger partial charge in [0.1, 0.15) is 6.10 Å². The molecule has 0 radical (unpaired) electrons. The number of methoxy groups -OCH3 is 1. The molecule has 0 saturated carbocycles. The minimum absolute atomic E-state index is 0.195. The van der Waals surface area contributed by atoms with Crippen molar-refractivity contribution in [1.82, 2.24) is 5.16 Å². The van der Waals surface area contributed by atoms with E-state index in [9.17, 15) is 15.2 Å². The van der Waals surface area contributed by atoms with Crippen LogP contribution in [0, 0.1) is 10.1 Å². The molecule has 0 saturated heterocycles. The Morgan fingerprint density at radius 3 is 2.93 bits per heavy atom. The van der Waals surface area contributed by atoms with E-state index < -0.39 is 16.7 Å². The van der Waals surface area contributed by atoms with Gasteiger partial charge < -0.3 is 20.1 Å². The predicted octanol–water partition coefficient (Wildman–Crippen LogP) is -0.417. The van der Waals surface area contributed by atoms with Crippen LogP contribution < -0.4 is 10.5 Å². The molecule has 8 heteroatoms. The Balaban J connectivity index is 3.17. The zero-order valence-corrected chi connectivity index (χ0v) is 7.34. The number of aliphatic hydroxyl groups is 1. The van der Waals surface area contributed by atoms with E-state index in [1.807, 2.05) is 0 Å². The van der Waals surface area contributed by atoms with Crippen molar-refractivity contribution in [2.24, 2.45) is 5.73 Å². The van der Waals surface area contributed by atoms with E-state index in [1.54, 1.807) is 0 Å². The van der Waals surface area contributed by atoms with Crippen LogP contribution in [0.1, 0.15) is 11.9 Å². The number of aromatic nitrogens is 1.